The van der Waals surface area contributed by atoms with Gasteiger partial charge in [-0.15, -0.1) is 0 Å². The van der Waals surface area contributed by atoms with Gasteiger partial charge in [0.1, 0.15) is 5.75 Å². The largest absolute Gasteiger partial charge is 0.508 e. The van der Waals surface area contributed by atoms with Crippen molar-refractivity contribution in [1.29, 1.82) is 0 Å². The third-order valence-corrected chi connectivity index (χ3v) is 4.59. The van der Waals surface area contributed by atoms with E-state index >= 15 is 0 Å². The number of hydrogen-bond acceptors (Lipinski definition) is 2. The third kappa shape index (κ3) is 1.53. The van der Waals surface area contributed by atoms with Gasteiger partial charge in [-0.2, -0.15) is 0 Å². The molecule has 2 aliphatic rings. The van der Waals surface area contributed by atoms with Crippen molar-refractivity contribution in [3.05, 3.63) is 53.1 Å². The molecule has 4 rings (SSSR count). The summed E-state index contributed by atoms with van der Waals surface area (Å²) in [6, 6.07) is 12.9. The molecule has 1 unspecified atom stereocenters. The fraction of sp³-hybridized carbons (Fsp3) is 0.294. The molecule has 1 heterocycles. The van der Waals surface area contributed by atoms with Crippen molar-refractivity contribution in [2.45, 2.75) is 18.9 Å². The summed E-state index contributed by atoms with van der Waals surface area (Å²) in [6.45, 7) is 1.12. The van der Waals surface area contributed by atoms with Crippen molar-refractivity contribution >= 4 is 0 Å². The maximum absolute atomic E-state index is 9.72. The van der Waals surface area contributed by atoms with Crippen LogP contribution in [0.25, 0.3) is 11.1 Å². The Kier molecular flexibility index (Phi) is 2.24. The van der Waals surface area contributed by atoms with Crippen LogP contribution in [0.3, 0.4) is 0 Å². The molecule has 0 amide bonds. The van der Waals surface area contributed by atoms with Gasteiger partial charge in [0.25, 0.3) is 0 Å². The highest BCUT2D eigenvalue weighted by Crippen LogP contribution is 2.45. The Labute approximate surface area is 113 Å². The van der Waals surface area contributed by atoms with Crippen molar-refractivity contribution in [2.75, 3.05) is 13.6 Å². The van der Waals surface area contributed by atoms with Gasteiger partial charge >= 0.3 is 0 Å². The molecule has 0 bridgehead atoms. The van der Waals surface area contributed by atoms with Gasteiger partial charge in [0, 0.05) is 12.6 Å². The number of rotatable bonds is 0. The molecule has 19 heavy (non-hydrogen) atoms. The van der Waals surface area contributed by atoms with Gasteiger partial charge in [0.2, 0.25) is 0 Å². The fourth-order valence-electron chi connectivity index (χ4n) is 3.61. The van der Waals surface area contributed by atoms with E-state index in [0.29, 0.717) is 11.8 Å². The van der Waals surface area contributed by atoms with Crippen LogP contribution in [0.2, 0.25) is 0 Å². The molecule has 2 aromatic rings. The SMILES string of the molecule is CN1CCc2cccc3c2C1Cc1cc(O)ccc1-3. The first-order valence-electron chi connectivity index (χ1n) is 6.88. The van der Waals surface area contributed by atoms with Crippen molar-refractivity contribution in [2.24, 2.45) is 0 Å². The molecule has 1 aliphatic heterocycles. The van der Waals surface area contributed by atoms with E-state index < -0.39 is 0 Å². The molecule has 0 spiro atoms. The number of nitrogens with zero attached hydrogens (tertiary/aromatic N) is 1. The quantitative estimate of drug-likeness (QED) is 0.777. The van der Waals surface area contributed by atoms with Crippen LogP contribution >= 0.6 is 0 Å². The Morgan fingerprint density at radius 3 is 2.89 bits per heavy atom. The van der Waals surface area contributed by atoms with Crippen LogP contribution in [0.15, 0.2) is 36.4 Å². The van der Waals surface area contributed by atoms with Crippen LogP contribution in [-0.2, 0) is 12.8 Å². The maximum Gasteiger partial charge on any atom is 0.115 e. The number of hydrogen-bond donors (Lipinski definition) is 1. The lowest BCUT2D eigenvalue weighted by atomic mass is 9.77. The smallest absolute Gasteiger partial charge is 0.115 e. The summed E-state index contributed by atoms with van der Waals surface area (Å²) in [5.74, 6) is 0.372. The number of aromatic hydroxyl groups is 1. The van der Waals surface area contributed by atoms with Crippen LogP contribution in [0, 0.1) is 0 Å². The number of benzene rings is 2. The second kappa shape index (κ2) is 3.84. The predicted octanol–water partition coefficient (Wildman–Crippen LogP) is 3.14. The van der Waals surface area contributed by atoms with Gasteiger partial charge in [0.15, 0.2) is 0 Å². The number of fused-ring (bicyclic) bond motifs is 2. The van der Waals surface area contributed by atoms with Crippen molar-refractivity contribution in [3.63, 3.8) is 0 Å². The Bertz CT molecular complexity index is 662. The first kappa shape index (κ1) is 11.1. The first-order valence-corrected chi connectivity index (χ1v) is 6.88. The summed E-state index contributed by atoms with van der Waals surface area (Å²) >= 11 is 0. The highest BCUT2D eigenvalue weighted by atomic mass is 16.3. The van der Waals surface area contributed by atoms with E-state index in [4.69, 9.17) is 0 Å². The van der Waals surface area contributed by atoms with Crippen LogP contribution in [0.5, 0.6) is 5.75 Å². The summed E-state index contributed by atoms with van der Waals surface area (Å²) in [6.07, 6.45) is 2.15. The van der Waals surface area contributed by atoms with Gasteiger partial charge in [-0.25, -0.2) is 0 Å². The molecule has 96 valence electrons. The molecule has 1 aliphatic carbocycles. The summed E-state index contributed by atoms with van der Waals surface area (Å²) in [7, 11) is 2.21. The van der Waals surface area contributed by atoms with E-state index in [1.54, 1.807) is 6.07 Å². The van der Waals surface area contributed by atoms with Gasteiger partial charge in [0.05, 0.1) is 0 Å². The molecule has 0 aromatic heterocycles. The van der Waals surface area contributed by atoms with Gasteiger partial charge in [-0.1, -0.05) is 24.3 Å². The highest BCUT2D eigenvalue weighted by Gasteiger charge is 2.32. The molecule has 0 saturated heterocycles. The molecular weight excluding hydrogens is 234 g/mol. The van der Waals surface area contributed by atoms with Crippen LogP contribution < -0.4 is 0 Å². The number of phenolic OH excluding ortho intramolecular Hbond substituents is 1. The lowest BCUT2D eigenvalue weighted by Crippen LogP contribution is -2.35. The first-order chi connectivity index (χ1) is 9.24. The molecule has 0 fully saturated rings. The predicted molar refractivity (Wildman–Crippen MR) is 76.3 cm³/mol. The third-order valence-electron chi connectivity index (χ3n) is 4.59. The summed E-state index contributed by atoms with van der Waals surface area (Å²) < 4.78 is 0. The maximum atomic E-state index is 9.72. The zero-order valence-electron chi connectivity index (χ0n) is 11.1. The number of phenols is 1. The van der Waals surface area contributed by atoms with Gasteiger partial charge in [-0.3, -0.25) is 4.90 Å². The lowest BCUT2D eigenvalue weighted by Gasteiger charge is -2.39. The average molecular weight is 251 g/mol. The molecule has 0 radical (unpaired) electrons. The van der Waals surface area contributed by atoms with Crippen LogP contribution in [0.1, 0.15) is 22.7 Å². The van der Waals surface area contributed by atoms with Gasteiger partial charge < -0.3 is 5.11 Å². The minimum Gasteiger partial charge on any atom is -0.508 e. The van der Waals surface area contributed by atoms with Crippen molar-refractivity contribution in [3.8, 4) is 16.9 Å². The Morgan fingerprint density at radius 1 is 1.11 bits per heavy atom. The summed E-state index contributed by atoms with van der Waals surface area (Å²) in [5, 5.41) is 9.72. The Morgan fingerprint density at radius 2 is 2.00 bits per heavy atom. The molecule has 1 atom stereocenters. The Balaban J connectivity index is 2.01. The van der Waals surface area contributed by atoms with E-state index in [-0.39, 0.29) is 0 Å². The minimum atomic E-state index is 0.372. The minimum absolute atomic E-state index is 0.372. The second-order valence-electron chi connectivity index (χ2n) is 5.67. The number of likely N-dealkylation sites (N-methyl/N-ethyl adjacent to an activating group) is 1. The molecule has 2 aromatic carbocycles. The normalized spacial score (nSPS) is 20.8. The van der Waals surface area contributed by atoms with E-state index in [2.05, 4.69) is 36.2 Å². The lowest BCUT2D eigenvalue weighted by molar-refractivity contribution is 0.228. The molecule has 2 nitrogen and oxygen atoms in total. The van der Waals surface area contributed by atoms with E-state index in [1.165, 1.54) is 27.8 Å². The average Bonchev–Trinajstić information content (AvgIpc) is 2.42. The highest BCUT2D eigenvalue weighted by molar-refractivity contribution is 5.76. The molecule has 0 saturated carbocycles. The Hall–Kier alpha value is -1.80. The zero-order valence-corrected chi connectivity index (χ0v) is 11.1. The molecule has 2 heteroatoms. The summed E-state index contributed by atoms with van der Waals surface area (Å²) in [4.78, 5) is 2.44. The van der Waals surface area contributed by atoms with E-state index in [9.17, 15) is 5.11 Å². The second-order valence-corrected chi connectivity index (χ2v) is 5.67. The van der Waals surface area contributed by atoms with Crippen LogP contribution in [0.4, 0.5) is 0 Å². The van der Waals surface area contributed by atoms with Crippen molar-refractivity contribution in [1.82, 2.24) is 4.90 Å². The monoisotopic (exact) mass is 251 g/mol. The van der Waals surface area contributed by atoms with Crippen LogP contribution in [-0.4, -0.2) is 23.6 Å². The van der Waals surface area contributed by atoms with Gasteiger partial charge in [-0.05, 0) is 59.8 Å². The van der Waals surface area contributed by atoms with E-state index in [1.807, 2.05) is 6.07 Å². The van der Waals surface area contributed by atoms with E-state index in [0.717, 1.165) is 19.4 Å². The topological polar surface area (TPSA) is 23.5 Å². The zero-order chi connectivity index (χ0) is 13.0. The molecule has 1 N–H and O–H groups in total. The van der Waals surface area contributed by atoms with Crippen molar-refractivity contribution < 1.29 is 5.11 Å². The standard InChI is InChI=1S/C17H17NO/c1-18-8-7-11-3-2-4-15-14-6-5-13(19)9-12(14)10-16(18)17(11)15/h2-6,9,16,19H,7-8,10H2,1H3. The molecular formula is C17H17NO. The summed E-state index contributed by atoms with van der Waals surface area (Å²) in [5.41, 5.74) is 6.92. The fourth-order valence-corrected chi connectivity index (χ4v) is 3.61.